The predicted molar refractivity (Wildman–Crippen MR) is 70.0 cm³/mol. The summed E-state index contributed by atoms with van der Waals surface area (Å²) >= 11 is 0. The normalized spacial score (nSPS) is 16.6. The lowest BCUT2D eigenvalue weighted by Gasteiger charge is -2.14. The Hall–Kier alpha value is -1.36. The van der Waals surface area contributed by atoms with Crippen LogP contribution in [-0.4, -0.2) is 28.3 Å². The number of rotatable bonds is 6. The third-order valence-corrected chi connectivity index (χ3v) is 3.37. The SMILES string of the molecule is CCc1nn(C)cc1CC(CN)C(=O)NC1CC1. The third-order valence-electron chi connectivity index (χ3n) is 3.37. The summed E-state index contributed by atoms with van der Waals surface area (Å²) in [6.45, 7) is 2.46. The van der Waals surface area contributed by atoms with Crippen LogP contribution in [0.1, 0.15) is 31.0 Å². The summed E-state index contributed by atoms with van der Waals surface area (Å²) in [7, 11) is 1.91. The maximum Gasteiger partial charge on any atom is 0.224 e. The van der Waals surface area contributed by atoms with Crippen molar-refractivity contribution < 1.29 is 4.79 Å². The number of amides is 1. The molecule has 1 aromatic heterocycles. The monoisotopic (exact) mass is 250 g/mol. The molecule has 0 spiro atoms. The highest BCUT2D eigenvalue weighted by atomic mass is 16.2. The number of aromatic nitrogens is 2. The maximum absolute atomic E-state index is 12.0. The fourth-order valence-corrected chi connectivity index (χ4v) is 2.15. The molecule has 100 valence electrons. The second kappa shape index (κ2) is 5.52. The smallest absolute Gasteiger partial charge is 0.224 e. The van der Waals surface area contributed by atoms with Gasteiger partial charge in [-0.2, -0.15) is 5.10 Å². The van der Waals surface area contributed by atoms with Gasteiger partial charge in [0.15, 0.2) is 0 Å². The van der Waals surface area contributed by atoms with Gasteiger partial charge >= 0.3 is 0 Å². The quantitative estimate of drug-likeness (QED) is 0.766. The van der Waals surface area contributed by atoms with Crippen LogP contribution in [0.3, 0.4) is 0 Å². The van der Waals surface area contributed by atoms with Crippen molar-refractivity contribution in [2.75, 3.05) is 6.54 Å². The second-order valence-corrected chi connectivity index (χ2v) is 5.05. The van der Waals surface area contributed by atoms with Crippen molar-refractivity contribution in [3.8, 4) is 0 Å². The lowest BCUT2D eigenvalue weighted by molar-refractivity contribution is -0.124. The Balaban J connectivity index is 2.01. The second-order valence-electron chi connectivity index (χ2n) is 5.05. The zero-order valence-corrected chi connectivity index (χ0v) is 11.1. The minimum Gasteiger partial charge on any atom is -0.353 e. The van der Waals surface area contributed by atoms with Gasteiger partial charge in [0.25, 0.3) is 0 Å². The summed E-state index contributed by atoms with van der Waals surface area (Å²) in [5.74, 6) is -0.0500. The summed E-state index contributed by atoms with van der Waals surface area (Å²) in [6.07, 6.45) is 5.78. The number of aryl methyl sites for hydroxylation is 2. The van der Waals surface area contributed by atoms with Crippen LogP contribution in [0, 0.1) is 5.92 Å². The molecule has 1 atom stereocenters. The molecular formula is C13H22N4O. The van der Waals surface area contributed by atoms with Crippen LogP contribution in [-0.2, 0) is 24.7 Å². The Bertz CT molecular complexity index is 423. The van der Waals surface area contributed by atoms with Crippen molar-refractivity contribution in [1.29, 1.82) is 0 Å². The van der Waals surface area contributed by atoms with Gasteiger partial charge in [0, 0.05) is 25.8 Å². The summed E-state index contributed by atoms with van der Waals surface area (Å²) in [5.41, 5.74) is 7.93. The molecule has 0 radical (unpaired) electrons. The Labute approximate surface area is 108 Å². The van der Waals surface area contributed by atoms with E-state index in [2.05, 4.69) is 17.3 Å². The number of carbonyl (C=O) groups excluding carboxylic acids is 1. The van der Waals surface area contributed by atoms with E-state index in [0.29, 0.717) is 19.0 Å². The van der Waals surface area contributed by atoms with E-state index in [4.69, 9.17) is 5.73 Å². The van der Waals surface area contributed by atoms with Crippen LogP contribution in [0.15, 0.2) is 6.20 Å². The molecule has 1 aromatic rings. The first-order valence-electron chi connectivity index (χ1n) is 6.65. The Morgan fingerprint density at radius 1 is 1.67 bits per heavy atom. The number of hydrogen-bond acceptors (Lipinski definition) is 3. The maximum atomic E-state index is 12.0. The number of nitrogens with zero attached hydrogens (tertiary/aromatic N) is 2. The van der Waals surface area contributed by atoms with E-state index < -0.39 is 0 Å². The van der Waals surface area contributed by atoms with E-state index in [1.54, 1.807) is 4.68 Å². The number of nitrogens with one attached hydrogen (secondary N) is 1. The van der Waals surface area contributed by atoms with Crippen LogP contribution in [0.2, 0.25) is 0 Å². The van der Waals surface area contributed by atoms with E-state index in [9.17, 15) is 4.79 Å². The molecule has 0 bridgehead atoms. The molecule has 3 N–H and O–H groups in total. The van der Waals surface area contributed by atoms with Crippen molar-refractivity contribution in [2.24, 2.45) is 18.7 Å². The molecular weight excluding hydrogens is 228 g/mol. The van der Waals surface area contributed by atoms with E-state index in [0.717, 1.165) is 30.5 Å². The Morgan fingerprint density at radius 3 is 2.94 bits per heavy atom. The average Bonchev–Trinajstić information content (AvgIpc) is 3.08. The zero-order valence-electron chi connectivity index (χ0n) is 11.1. The van der Waals surface area contributed by atoms with Gasteiger partial charge in [-0.15, -0.1) is 0 Å². The summed E-state index contributed by atoms with van der Waals surface area (Å²) in [5, 5.41) is 7.42. The predicted octanol–water partition coefficient (Wildman–Crippen LogP) is 0.379. The molecule has 1 fully saturated rings. The van der Waals surface area contributed by atoms with Gasteiger partial charge in [0.05, 0.1) is 11.6 Å². The largest absolute Gasteiger partial charge is 0.353 e. The minimum atomic E-state index is -0.139. The van der Waals surface area contributed by atoms with Crippen LogP contribution in [0.25, 0.3) is 0 Å². The van der Waals surface area contributed by atoms with Gasteiger partial charge < -0.3 is 11.1 Å². The first-order chi connectivity index (χ1) is 8.63. The van der Waals surface area contributed by atoms with Gasteiger partial charge in [-0.1, -0.05) is 6.92 Å². The molecule has 0 aliphatic heterocycles. The molecule has 1 saturated carbocycles. The lowest BCUT2D eigenvalue weighted by atomic mass is 9.98. The van der Waals surface area contributed by atoms with Crippen LogP contribution < -0.4 is 11.1 Å². The van der Waals surface area contributed by atoms with Crippen molar-refractivity contribution in [3.63, 3.8) is 0 Å². The van der Waals surface area contributed by atoms with E-state index in [1.165, 1.54) is 0 Å². The van der Waals surface area contributed by atoms with Crippen molar-refractivity contribution in [1.82, 2.24) is 15.1 Å². The topological polar surface area (TPSA) is 72.9 Å². The molecule has 2 rings (SSSR count). The standard InChI is InChI=1S/C13H22N4O/c1-3-12-10(8-17(2)16-12)6-9(7-14)13(18)15-11-4-5-11/h8-9,11H,3-7,14H2,1-2H3,(H,15,18). The van der Waals surface area contributed by atoms with Crippen LogP contribution in [0.5, 0.6) is 0 Å². The van der Waals surface area contributed by atoms with Gasteiger partial charge in [0.1, 0.15) is 0 Å². The van der Waals surface area contributed by atoms with Gasteiger partial charge in [-0.3, -0.25) is 9.48 Å². The van der Waals surface area contributed by atoms with E-state index in [-0.39, 0.29) is 11.8 Å². The van der Waals surface area contributed by atoms with Crippen LogP contribution in [0.4, 0.5) is 0 Å². The third kappa shape index (κ3) is 3.10. The first kappa shape index (κ1) is 13.1. The molecule has 5 nitrogen and oxygen atoms in total. The van der Waals surface area contributed by atoms with Crippen molar-refractivity contribution in [3.05, 3.63) is 17.5 Å². The molecule has 1 unspecified atom stereocenters. The summed E-state index contributed by atoms with van der Waals surface area (Å²) in [4.78, 5) is 12.0. The Kier molecular flexibility index (Phi) is 4.01. The summed E-state index contributed by atoms with van der Waals surface area (Å²) in [6, 6.07) is 0.395. The number of hydrogen-bond donors (Lipinski definition) is 2. The molecule has 0 saturated heterocycles. The highest BCUT2D eigenvalue weighted by Crippen LogP contribution is 2.20. The molecule has 18 heavy (non-hydrogen) atoms. The van der Waals surface area contributed by atoms with Crippen LogP contribution >= 0.6 is 0 Å². The number of carbonyl (C=O) groups is 1. The number of nitrogens with two attached hydrogens (primary N) is 1. The molecule has 5 heteroatoms. The highest BCUT2D eigenvalue weighted by Gasteiger charge is 2.27. The average molecular weight is 250 g/mol. The van der Waals surface area contributed by atoms with Gasteiger partial charge in [0.2, 0.25) is 5.91 Å². The van der Waals surface area contributed by atoms with E-state index in [1.807, 2.05) is 13.2 Å². The van der Waals surface area contributed by atoms with Crippen molar-refractivity contribution in [2.45, 2.75) is 38.6 Å². The fraction of sp³-hybridized carbons (Fsp3) is 0.692. The zero-order chi connectivity index (χ0) is 13.1. The molecule has 1 amide bonds. The van der Waals surface area contributed by atoms with Gasteiger partial charge in [-0.25, -0.2) is 0 Å². The van der Waals surface area contributed by atoms with Crippen molar-refractivity contribution >= 4 is 5.91 Å². The van der Waals surface area contributed by atoms with Gasteiger partial charge in [-0.05, 0) is 31.2 Å². The highest BCUT2D eigenvalue weighted by molar-refractivity contribution is 5.79. The van der Waals surface area contributed by atoms with E-state index >= 15 is 0 Å². The molecule has 1 aliphatic carbocycles. The molecule has 1 heterocycles. The molecule has 0 aromatic carbocycles. The minimum absolute atomic E-state index is 0.0888. The molecule has 1 aliphatic rings. The lowest BCUT2D eigenvalue weighted by Crippen LogP contribution is -2.37. The fourth-order valence-electron chi connectivity index (χ4n) is 2.15. The first-order valence-corrected chi connectivity index (χ1v) is 6.65. The Morgan fingerprint density at radius 2 is 2.39 bits per heavy atom. The summed E-state index contributed by atoms with van der Waals surface area (Å²) < 4.78 is 1.81.